The minimum Gasteiger partial charge on any atom is -0.494 e. The van der Waals surface area contributed by atoms with Crippen LogP contribution in [-0.4, -0.2) is 19.7 Å². The topological polar surface area (TPSA) is 21.3 Å². The lowest BCUT2D eigenvalue weighted by atomic mass is 10.1. The maximum Gasteiger partial charge on any atom is 0.119 e. The van der Waals surface area contributed by atoms with E-state index in [1.807, 2.05) is 26.0 Å². The van der Waals surface area contributed by atoms with Crippen molar-refractivity contribution in [3.05, 3.63) is 28.3 Å². The molecule has 0 aliphatic carbocycles. The molecule has 0 radical (unpaired) electrons. The summed E-state index contributed by atoms with van der Waals surface area (Å²) in [4.78, 5) is 0. The molecule has 0 fully saturated rings. The number of rotatable bonds is 8. The fourth-order valence-electron chi connectivity index (χ4n) is 1.83. The van der Waals surface area contributed by atoms with Gasteiger partial charge in [-0.05, 0) is 69.5 Å². The molecule has 0 spiro atoms. The van der Waals surface area contributed by atoms with E-state index in [1.54, 1.807) is 0 Å². The van der Waals surface area contributed by atoms with Crippen molar-refractivity contribution in [1.82, 2.24) is 5.32 Å². The van der Waals surface area contributed by atoms with E-state index < -0.39 is 0 Å². The maximum atomic E-state index is 6.12. The van der Waals surface area contributed by atoms with Crippen LogP contribution < -0.4 is 10.1 Å². The van der Waals surface area contributed by atoms with Crippen LogP contribution in [0.3, 0.4) is 0 Å². The first-order chi connectivity index (χ1) is 8.65. The van der Waals surface area contributed by atoms with Crippen molar-refractivity contribution in [2.45, 2.75) is 40.0 Å². The fraction of sp³-hybridized carbons (Fsp3) is 0.600. The number of benzene rings is 1. The highest BCUT2D eigenvalue weighted by Crippen LogP contribution is 2.25. The predicted octanol–water partition coefficient (Wildman–Crippen LogP) is 4.12. The van der Waals surface area contributed by atoms with Crippen LogP contribution in [0.2, 0.25) is 5.02 Å². The first-order valence-electron chi connectivity index (χ1n) is 6.75. The zero-order valence-electron chi connectivity index (χ0n) is 11.7. The van der Waals surface area contributed by atoms with Crippen LogP contribution in [0.1, 0.15) is 37.3 Å². The Bertz CT molecular complexity index is 343. The lowest BCUT2D eigenvalue weighted by molar-refractivity contribution is 0.305. The van der Waals surface area contributed by atoms with E-state index in [0.717, 1.165) is 54.4 Å². The molecule has 0 amide bonds. The highest BCUT2D eigenvalue weighted by Gasteiger charge is 2.03. The van der Waals surface area contributed by atoms with Gasteiger partial charge in [0.1, 0.15) is 5.75 Å². The molecule has 2 nitrogen and oxygen atoms in total. The van der Waals surface area contributed by atoms with Gasteiger partial charge in [0, 0.05) is 5.02 Å². The van der Waals surface area contributed by atoms with Crippen molar-refractivity contribution in [2.24, 2.45) is 0 Å². The summed E-state index contributed by atoms with van der Waals surface area (Å²) in [5.74, 6) is 0.927. The number of halogens is 1. The van der Waals surface area contributed by atoms with Crippen LogP contribution in [0.5, 0.6) is 5.75 Å². The van der Waals surface area contributed by atoms with Crippen molar-refractivity contribution < 1.29 is 4.74 Å². The number of ether oxygens (including phenoxy) is 1. The minimum absolute atomic E-state index is 0.772. The summed E-state index contributed by atoms with van der Waals surface area (Å²) in [5.41, 5.74) is 2.16. The number of unbranched alkanes of at least 4 members (excludes halogenated alkanes) is 1. The summed E-state index contributed by atoms with van der Waals surface area (Å²) in [6, 6.07) is 4.01. The van der Waals surface area contributed by atoms with Crippen molar-refractivity contribution in [3.8, 4) is 5.75 Å². The molecular weight excluding hydrogens is 246 g/mol. The summed E-state index contributed by atoms with van der Waals surface area (Å²) < 4.78 is 5.74. The van der Waals surface area contributed by atoms with Gasteiger partial charge in [0.05, 0.1) is 6.61 Å². The molecule has 0 bridgehead atoms. The zero-order valence-corrected chi connectivity index (χ0v) is 12.4. The Balaban J connectivity index is 2.23. The third kappa shape index (κ3) is 5.28. The van der Waals surface area contributed by atoms with Crippen LogP contribution in [-0.2, 0) is 0 Å². The predicted molar refractivity (Wildman–Crippen MR) is 78.8 cm³/mol. The molecular formula is C15H24ClNO. The van der Waals surface area contributed by atoms with E-state index in [4.69, 9.17) is 16.3 Å². The molecule has 1 N–H and O–H groups in total. The summed E-state index contributed by atoms with van der Waals surface area (Å²) >= 11 is 6.12. The summed E-state index contributed by atoms with van der Waals surface area (Å²) in [7, 11) is 0. The molecule has 1 aromatic rings. The average molecular weight is 270 g/mol. The second kappa shape index (κ2) is 8.39. The highest BCUT2D eigenvalue weighted by atomic mass is 35.5. The van der Waals surface area contributed by atoms with E-state index in [9.17, 15) is 0 Å². The van der Waals surface area contributed by atoms with Gasteiger partial charge in [-0.2, -0.15) is 0 Å². The van der Waals surface area contributed by atoms with Gasteiger partial charge in [0.25, 0.3) is 0 Å². The minimum atomic E-state index is 0.772. The molecule has 0 atom stereocenters. The van der Waals surface area contributed by atoms with Gasteiger partial charge in [0.15, 0.2) is 0 Å². The quantitative estimate of drug-likeness (QED) is 0.717. The Hall–Kier alpha value is -0.730. The smallest absolute Gasteiger partial charge is 0.119 e. The van der Waals surface area contributed by atoms with Crippen LogP contribution in [0.4, 0.5) is 0 Å². The monoisotopic (exact) mass is 269 g/mol. The number of nitrogens with one attached hydrogen (secondary N) is 1. The molecule has 0 aliphatic heterocycles. The van der Waals surface area contributed by atoms with Gasteiger partial charge in [-0.25, -0.2) is 0 Å². The molecule has 3 heteroatoms. The van der Waals surface area contributed by atoms with Crippen LogP contribution in [0.15, 0.2) is 12.1 Å². The van der Waals surface area contributed by atoms with Crippen molar-refractivity contribution in [1.29, 1.82) is 0 Å². The molecule has 0 saturated heterocycles. The Labute approximate surface area is 116 Å². The second-order valence-electron chi connectivity index (χ2n) is 4.68. The van der Waals surface area contributed by atoms with Gasteiger partial charge in [0.2, 0.25) is 0 Å². The first-order valence-corrected chi connectivity index (χ1v) is 7.13. The molecule has 0 heterocycles. The number of hydrogen-bond acceptors (Lipinski definition) is 2. The van der Waals surface area contributed by atoms with E-state index in [-0.39, 0.29) is 0 Å². The molecule has 18 heavy (non-hydrogen) atoms. The third-order valence-corrected chi connectivity index (χ3v) is 3.45. The standard InChI is InChI=1S/C15H24ClNO/c1-4-7-17-8-5-6-9-18-14-10-12(2)15(16)13(3)11-14/h10-11,17H,4-9H2,1-3H3. The van der Waals surface area contributed by atoms with E-state index >= 15 is 0 Å². The molecule has 0 aliphatic rings. The summed E-state index contributed by atoms with van der Waals surface area (Å²) in [6.07, 6.45) is 3.43. The van der Waals surface area contributed by atoms with Crippen LogP contribution in [0.25, 0.3) is 0 Å². The fourth-order valence-corrected chi connectivity index (χ4v) is 1.94. The number of aryl methyl sites for hydroxylation is 2. The van der Waals surface area contributed by atoms with Crippen LogP contribution >= 0.6 is 11.6 Å². The van der Waals surface area contributed by atoms with Crippen molar-refractivity contribution in [2.75, 3.05) is 19.7 Å². The molecule has 0 aromatic heterocycles. The van der Waals surface area contributed by atoms with Crippen molar-refractivity contribution >= 4 is 11.6 Å². The first kappa shape index (κ1) is 15.3. The average Bonchev–Trinajstić information content (AvgIpc) is 2.34. The molecule has 0 saturated carbocycles. The SMILES string of the molecule is CCCNCCCCOc1cc(C)c(Cl)c(C)c1. The zero-order chi connectivity index (χ0) is 13.4. The lowest BCUT2D eigenvalue weighted by Crippen LogP contribution is -2.16. The third-order valence-electron chi connectivity index (χ3n) is 2.85. The molecule has 0 unspecified atom stereocenters. The molecule has 1 rings (SSSR count). The van der Waals surface area contributed by atoms with E-state index in [1.165, 1.54) is 6.42 Å². The number of hydrogen-bond donors (Lipinski definition) is 1. The van der Waals surface area contributed by atoms with Crippen molar-refractivity contribution in [3.63, 3.8) is 0 Å². The summed E-state index contributed by atoms with van der Waals surface area (Å²) in [5, 5.41) is 4.23. The maximum absolute atomic E-state index is 6.12. The second-order valence-corrected chi connectivity index (χ2v) is 5.05. The van der Waals surface area contributed by atoms with Gasteiger partial charge >= 0.3 is 0 Å². The van der Waals surface area contributed by atoms with Crippen LogP contribution in [0, 0.1) is 13.8 Å². The Morgan fingerprint density at radius 1 is 1.11 bits per heavy atom. The van der Waals surface area contributed by atoms with E-state index in [0.29, 0.717) is 0 Å². The lowest BCUT2D eigenvalue weighted by Gasteiger charge is -2.10. The summed E-state index contributed by atoms with van der Waals surface area (Å²) in [6.45, 7) is 9.16. The normalized spacial score (nSPS) is 10.7. The van der Waals surface area contributed by atoms with Gasteiger partial charge in [-0.1, -0.05) is 18.5 Å². The Morgan fingerprint density at radius 2 is 1.78 bits per heavy atom. The Kier molecular flexibility index (Phi) is 7.14. The van der Waals surface area contributed by atoms with Gasteiger partial charge in [-0.15, -0.1) is 0 Å². The van der Waals surface area contributed by atoms with E-state index in [2.05, 4.69) is 12.2 Å². The molecule has 102 valence electrons. The Morgan fingerprint density at radius 3 is 2.39 bits per heavy atom. The van der Waals surface area contributed by atoms with Gasteiger partial charge in [-0.3, -0.25) is 0 Å². The molecule has 1 aromatic carbocycles. The van der Waals surface area contributed by atoms with Gasteiger partial charge < -0.3 is 10.1 Å². The largest absolute Gasteiger partial charge is 0.494 e. The highest BCUT2D eigenvalue weighted by molar-refractivity contribution is 6.32.